The fraction of sp³-hybridized carbons (Fsp3) is 0.647. The van der Waals surface area contributed by atoms with Crippen molar-refractivity contribution in [2.24, 2.45) is 5.73 Å². The first-order valence-electron chi connectivity index (χ1n) is 7.73. The van der Waals surface area contributed by atoms with Crippen molar-refractivity contribution in [2.75, 3.05) is 26.7 Å². The van der Waals surface area contributed by atoms with Crippen LogP contribution in [-0.2, 0) is 5.41 Å². The zero-order valence-electron chi connectivity index (χ0n) is 12.1. The van der Waals surface area contributed by atoms with Crippen LogP contribution in [0.15, 0.2) is 24.3 Å². The number of likely N-dealkylation sites (N-methyl/N-ethyl adjacent to an activating group) is 1. The standard InChI is InChI=1S/C17H26N2/c1-19-11-15(12-19)14-6-5-7-16(10-14)17(13-18)8-3-2-4-9-17/h5-7,10,15H,2-4,8-9,11-13,18H2,1H3. The van der Waals surface area contributed by atoms with Gasteiger partial charge in [-0.1, -0.05) is 43.5 Å². The van der Waals surface area contributed by atoms with Gasteiger partial charge in [0, 0.05) is 31.0 Å². The number of hydrogen-bond donors (Lipinski definition) is 1. The molecular weight excluding hydrogens is 232 g/mol. The Labute approximate surface area is 117 Å². The number of nitrogens with two attached hydrogens (primary N) is 1. The molecule has 0 spiro atoms. The van der Waals surface area contributed by atoms with Crippen LogP contribution < -0.4 is 5.73 Å². The lowest BCUT2D eigenvalue weighted by Gasteiger charge is -2.39. The molecule has 0 unspecified atom stereocenters. The summed E-state index contributed by atoms with van der Waals surface area (Å²) in [6.07, 6.45) is 6.62. The summed E-state index contributed by atoms with van der Waals surface area (Å²) in [5, 5.41) is 0. The van der Waals surface area contributed by atoms with E-state index in [4.69, 9.17) is 5.73 Å². The highest BCUT2D eigenvalue weighted by Gasteiger charge is 2.33. The van der Waals surface area contributed by atoms with Gasteiger partial charge in [0.2, 0.25) is 0 Å². The number of nitrogens with zero attached hydrogens (tertiary/aromatic N) is 1. The molecule has 2 fully saturated rings. The molecule has 2 N–H and O–H groups in total. The van der Waals surface area contributed by atoms with E-state index in [-0.39, 0.29) is 5.41 Å². The molecule has 1 aliphatic heterocycles. The third-order valence-corrected chi connectivity index (χ3v) is 5.24. The predicted octanol–water partition coefficient (Wildman–Crippen LogP) is 2.88. The molecule has 1 aromatic rings. The lowest BCUT2D eigenvalue weighted by atomic mass is 9.69. The second-order valence-corrected chi connectivity index (χ2v) is 6.59. The lowest BCUT2D eigenvalue weighted by molar-refractivity contribution is 0.189. The van der Waals surface area contributed by atoms with Crippen LogP contribution >= 0.6 is 0 Å². The molecule has 1 heterocycles. The van der Waals surface area contributed by atoms with Gasteiger partial charge in [-0.2, -0.15) is 0 Å². The van der Waals surface area contributed by atoms with Gasteiger partial charge in [-0.3, -0.25) is 0 Å². The average Bonchev–Trinajstić information content (AvgIpc) is 2.45. The fourth-order valence-electron chi connectivity index (χ4n) is 3.87. The van der Waals surface area contributed by atoms with Crippen LogP contribution in [0, 0.1) is 0 Å². The SMILES string of the molecule is CN1CC(c2cccc(C3(CN)CCCCC3)c2)C1. The average molecular weight is 258 g/mol. The van der Waals surface area contributed by atoms with Crippen molar-refractivity contribution in [3.63, 3.8) is 0 Å². The van der Waals surface area contributed by atoms with E-state index in [1.54, 1.807) is 0 Å². The molecule has 19 heavy (non-hydrogen) atoms. The van der Waals surface area contributed by atoms with Crippen LogP contribution in [0.4, 0.5) is 0 Å². The van der Waals surface area contributed by atoms with Crippen LogP contribution in [0.3, 0.4) is 0 Å². The maximum Gasteiger partial charge on any atom is 0.00934 e. The van der Waals surface area contributed by atoms with Crippen molar-refractivity contribution in [3.8, 4) is 0 Å². The van der Waals surface area contributed by atoms with Crippen LogP contribution in [-0.4, -0.2) is 31.6 Å². The van der Waals surface area contributed by atoms with Crippen molar-refractivity contribution in [1.82, 2.24) is 4.90 Å². The summed E-state index contributed by atoms with van der Waals surface area (Å²) < 4.78 is 0. The Morgan fingerprint density at radius 1 is 1.21 bits per heavy atom. The van der Waals surface area contributed by atoms with E-state index in [0.29, 0.717) is 0 Å². The van der Waals surface area contributed by atoms with Crippen LogP contribution in [0.1, 0.15) is 49.1 Å². The molecule has 104 valence electrons. The highest BCUT2D eigenvalue weighted by Crippen LogP contribution is 2.39. The van der Waals surface area contributed by atoms with Gasteiger partial charge in [0.1, 0.15) is 0 Å². The second kappa shape index (κ2) is 5.26. The Morgan fingerprint density at radius 3 is 2.58 bits per heavy atom. The van der Waals surface area contributed by atoms with Gasteiger partial charge < -0.3 is 10.6 Å². The highest BCUT2D eigenvalue weighted by molar-refractivity contribution is 5.34. The molecule has 0 amide bonds. The molecular formula is C17H26N2. The first-order valence-corrected chi connectivity index (χ1v) is 7.73. The smallest absolute Gasteiger partial charge is 0.00934 e. The Kier molecular flexibility index (Phi) is 3.64. The normalized spacial score (nSPS) is 24.1. The summed E-state index contributed by atoms with van der Waals surface area (Å²) in [5.41, 5.74) is 9.45. The third-order valence-electron chi connectivity index (χ3n) is 5.24. The molecule has 1 aromatic carbocycles. The largest absolute Gasteiger partial charge is 0.330 e. The summed E-state index contributed by atoms with van der Waals surface area (Å²) in [5.74, 6) is 0.739. The van der Waals surface area contributed by atoms with E-state index >= 15 is 0 Å². The van der Waals surface area contributed by atoms with E-state index in [9.17, 15) is 0 Å². The Hall–Kier alpha value is -0.860. The molecule has 2 nitrogen and oxygen atoms in total. The lowest BCUT2D eigenvalue weighted by Crippen LogP contribution is -2.42. The number of likely N-dealkylation sites (tertiary alicyclic amines) is 1. The predicted molar refractivity (Wildman–Crippen MR) is 80.5 cm³/mol. The zero-order valence-corrected chi connectivity index (χ0v) is 12.1. The third kappa shape index (κ3) is 2.44. The minimum Gasteiger partial charge on any atom is -0.330 e. The van der Waals surface area contributed by atoms with Gasteiger partial charge in [-0.15, -0.1) is 0 Å². The zero-order chi connectivity index (χ0) is 13.3. The summed E-state index contributed by atoms with van der Waals surface area (Å²) >= 11 is 0. The summed E-state index contributed by atoms with van der Waals surface area (Å²) in [6, 6.07) is 9.31. The van der Waals surface area contributed by atoms with Crippen LogP contribution in [0.5, 0.6) is 0 Å². The fourth-order valence-corrected chi connectivity index (χ4v) is 3.87. The number of hydrogen-bond acceptors (Lipinski definition) is 2. The van der Waals surface area contributed by atoms with Crippen molar-refractivity contribution < 1.29 is 0 Å². The number of rotatable bonds is 3. The summed E-state index contributed by atoms with van der Waals surface area (Å²) in [6.45, 7) is 3.22. The molecule has 0 aromatic heterocycles. The minimum absolute atomic E-state index is 0.268. The van der Waals surface area contributed by atoms with E-state index in [1.165, 1.54) is 56.3 Å². The van der Waals surface area contributed by atoms with E-state index < -0.39 is 0 Å². The van der Waals surface area contributed by atoms with Crippen molar-refractivity contribution in [2.45, 2.75) is 43.4 Å². The van der Waals surface area contributed by atoms with E-state index in [0.717, 1.165) is 12.5 Å². The van der Waals surface area contributed by atoms with Gasteiger partial charge in [0.15, 0.2) is 0 Å². The van der Waals surface area contributed by atoms with Gasteiger partial charge in [0.05, 0.1) is 0 Å². The quantitative estimate of drug-likeness (QED) is 0.903. The molecule has 2 heteroatoms. The minimum atomic E-state index is 0.268. The molecule has 3 rings (SSSR count). The Bertz CT molecular complexity index is 429. The Morgan fingerprint density at radius 2 is 1.95 bits per heavy atom. The van der Waals surface area contributed by atoms with Crippen molar-refractivity contribution in [1.29, 1.82) is 0 Å². The van der Waals surface area contributed by atoms with Crippen molar-refractivity contribution >= 4 is 0 Å². The van der Waals surface area contributed by atoms with Gasteiger partial charge in [0.25, 0.3) is 0 Å². The van der Waals surface area contributed by atoms with E-state index in [2.05, 4.69) is 36.2 Å². The van der Waals surface area contributed by atoms with Crippen molar-refractivity contribution in [3.05, 3.63) is 35.4 Å². The molecule has 1 aliphatic carbocycles. The molecule has 1 saturated carbocycles. The molecule has 0 atom stereocenters. The molecule has 1 saturated heterocycles. The van der Waals surface area contributed by atoms with Gasteiger partial charge in [-0.05, 0) is 31.0 Å². The number of benzene rings is 1. The maximum atomic E-state index is 6.16. The molecule has 0 bridgehead atoms. The molecule has 2 aliphatic rings. The van der Waals surface area contributed by atoms with Crippen LogP contribution in [0.2, 0.25) is 0 Å². The van der Waals surface area contributed by atoms with Gasteiger partial charge in [-0.25, -0.2) is 0 Å². The highest BCUT2D eigenvalue weighted by atomic mass is 15.2. The van der Waals surface area contributed by atoms with Crippen LogP contribution in [0.25, 0.3) is 0 Å². The topological polar surface area (TPSA) is 29.3 Å². The van der Waals surface area contributed by atoms with E-state index in [1.807, 2.05) is 0 Å². The van der Waals surface area contributed by atoms with Gasteiger partial charge >= 0.3 is 0 Å². The monoisotopic (exact) mass is 258 g/mol. The first kappa shape index (κ1) is 13.1. The summed E-state index contributed by atoms with van der Waals surface area (Å²) in [7, 11) is 2.20. The summed E-state index contributed by atoms with van der Waals surface area (Å²) in [4.78, 5) is 2.39. The first-order chi connectivity index (χ1) is 9.23. The second-order valence-electron chi connectivity index (χ2n) is 6.59. The maximum absolute atomic E-state index is 6.16. The Balaban J connectivity index is 1.85. The molecule has 0 radical (unpaired) electrons.